The summed E-state index contributed by atoms with van der Waals surface area (Å²) in [5.41, 5.74) is 1.00. The average Bonchev–Trinajstić information content (AvgIpc) is 2.52. The lowest BCUT2D eigenvalue weighted by Gasteiger charge is -2.14. The van der Waals surface area contributed by atoms with Gasteiger partial charge in [-0.2, -0.15) is 0 Å². The summed E-state index contributed by atoms with van der Waals surface area (Å²) < 4.78 is 9.98. The molecule has 23 heavy (non-hydrogen) atoms. The first-order valence-electron chi connectivity index (χ1n) is 7.12. The molecular formula is C18H18O5. The van der Waals surface area contributed by atoms with Gasteiger partial charge in [-0.25, -0.2) is 9.59 Å². The standard InChI is InChI=1S/C18H18O5/c1-11(2)18(21)22-10-17(20)23-12(3)13-7-8-15-14(9-13)5-4-6-16(15)19/h4-9,12,19H,1,10H2,2-3H3. The van der Waals surface area contributed by atoms with Crippen molar-refractivity contribution in [2.45, 2.75) is 20.0 Å². The van der Waals surface area contributed by atoms with E-state index in [2.05, 4.69) is 6.58 Å². The average molecular weight is 314 g/mol. The Balaban J connectivity index is 2.03. The van der Waals surface area contributed by atoms with Gasteiger partial charge in [0.15, 0.2) is 6.61 Å². The van der Waals surface area contributed by atoms with Gasteiger partial charge in [-0.15, -0.1) is 0 Å². The predicted molar refractivity (Wildman–Crippen MR) is 85.9 cm³/mol. The minimum absolute atomic E-state index is 0.199. The fourth-order valence-electron chi connectivity index (χ4n) is 2.08. The third-order valence-corrected chi connectivity index (χ3v) is 3.33. The second kappa shape index (κ2) is 6.96. The molecule has 0 bridgehead atoms. The highest BCUT2D eigenvalue weighted by molar-refractivity contribution is 5.89. The van der Waals surface area contributed by atoms with Crippen molar-refractivity contribution < 1.29 is 24.2 Å². The molecule has 0 saturated heterocycles. The van der Waals surface area contributed by atoms with Crippen molar-refractivity contribution >= 4 is 22.7 Å². The lowest BCUT2D eigenvalue weighted by Crippen LogP contribution is -2.18. The molecule has 0 amide bonds. The zero-order valence-corrected chi connectivity index (χ0v) is 13.0. The quantitative estimate of drug-likeness (QED) is 0.677. The van der Waals surface area contributed by atoms with E-state index < -0.39 is 24.6 Å². The number of hydrogen-bond acceptors (Lipinski definition) is 5. The molecule has 2 rings (SSSR count). The molecule has 5 nitrogen and oxygen atoms in total. The summed E-state index contributed by atoms with van der Waals surface area (Å²) in [5.74, 6) is -1.07. The van der Waals surface area contributed by atoms with Crippen LogP contribution in [0.15, 0.2) is 48.6 Å². The molecule has 1 atom stereocenters. The van der Waals surface area contributed by atoms with Crippen LogP contribution < -0.4 is 0 Å². The van der Waals surface area contributed by atoms with Crippen molar-refractivity contribution in [3.8, 4) is 5.75 Å². The maximum Gasteiger partial charge on any atom is 0.344 e. The number of rotatable bonds is 5. The zero-order valence-electron chi connectivity index (χ0n) is 13.0. The third-order valence-electron chi connectivity index (χ3n) is 3.33. The van der Waals surface area contributed by atoms with Crippen molar-refractivity contribution in [1.29, 1.82) is 0 Å². The molecule has 0 fully saturated rings. The van der Waals surface area contributed by atoms with E-state index in [1.807, 2.05) is 12.1 Å². The van der Waals surface area contributed by atoms with Crippen LogP contribution in [-0.4, -0.2) is 23.7 Å². The fraction of sp³-hybridized carbons (Fsp3) is 0.222. The number of phenols is 1. The Kier molecular flexibility index (Phi) is 5.01. The predicted octanol–water partition coefficient (Wildman–Crippen LogP) is 3.27. The molecule has 2 aromatic carbocycles. The van der Waals surface area contributed by atoms with Crippen LogP contribution in [0.4, 0.5) is 0 Å². The molecule has 0 heterocycles. The van der Waals surface area contributed by atoms with Gasteiger partial charge in [-0.1, -0.05) is 30.8 Å². The van der Waals surface area contributed by atoms with Gasteiger partial charge in [-0.05, 0) is 36.9 Å². The Morgan fingerprint density at radius 3 is 2.70 bits per heavy atom. The van der Waals surface area contributed by atoms with Gasteiger partial charge in [0, 0.05) is 11.0 Å². The number of phenolic OH excluding ortho intramolecular Hbond substituents is 1. The highest BCUT2D eigenvalue weighted by Gasteiger charge is 2.15. The Bertz CT molecular complexity index is 763. The van der Waals surface area contributed by atoms with E-state index in [9.17, 15) is 14.7 Å². The molecule has 0 radical (unpaired) electrons. The van der Waals surface area contributed by atoms with Crippen LogP contribution in [0.3, 0.4) is 0 Å². The van der Waals surface area contributed by atoms with Crippen LogP contribution in [-0.2, 0) is 19.1 Å². The maximum absolute atomic E-state index is 11.7. The monoisotopic (exact) mass is 314 g/mol. The summed E-state index contributed by atoms with van der Waals surface area (Å²) in [4.78, 5) is 22.9. The summed E-state index contributed by atoms with van der Waals surface area (Å²) in [7, 11) is 0. The number of fused-ring (bicyclic) bond motifs is 1. The summed E-state index contributed by atoms with van der Waals surface area (Å²) in [6.45, 7) is 6.20. The fourth-order valence-corrected chi connectivity index (χ4v) is 2.08. The molecule has 0 spiro atoms. The maximum atomic E-state index is 11.7. The number of esters is 2. The highest BCUT2D eigenvalue weighted by Crippen LogP contribution is 2.28. The number of hydrogen-bond donors (Lipinski definition) is 1. The van der Waals surface area contributed by atoms with E-state index in [1.54, 1.807) is 31.2 Å². The van der Waals surface area contributed by atoms with Gasteiger partial charge in [0.25, 0.3) is 0 Å². The normalized spacial score (nSPS) is 11.7. The lowest BCUT2D eigenvalue weighted by molar-refractivity contribution is -0.160. The van der Waals surface area contributed by atoms with Crippen LogP contribution in [0.2, 0.25) is 0 Å². The van der Waals surface area contributed by atoms with Crippen molar-refractivity contribution in [3.05, 3.63) is 54.1 Å². The van der Waals surface area contributed by atoms with E-state index in [0.717, 1.165) is 16.3 Å². The van der Waals surface area contributed by atoms with Crippen molar-refractivity contribution in [2.24, 2.45) is 0 Å². The molecule has 120 valence electrons. The largest absolute Gasteiger partial charge is 0.507 e. The van der Waals surface area contributed by atoms with E-state index in [1.165, 1.54) is 6.92 Å². The number of carbonyl (C=O) groups excluding carboxylic acids is 2. The smallest absolute Gasteiger partial charge is 0.344 e. The molecule has 0 aromatic heterocycles. The molecule has 2 aromatic rings. The second-order valence-electron chi connectivity index (χ2n) is 5.25. The van der Waals surface area contributed by atoms with Crippen molar-refractivity contribution in [1.82, 2.24) is 0 Å². The summed E-state index contributed by atoms with van der Waals surface area (Å²) in [6.07, 6.45) is -0.502. The van der Waals surface area contributed by atoms with E-state index in [-0.39, 0.29) is 11.3 Å². The Morgan fingerprint density at radius 1 is 1.26 bits per heavy atom. The van der Waals surface area contributed by atoms with Crippen LogP contribution in [0, 0.1) is 0 Å². The molecule has 1 unspecified atom stereocenters. The van der Waals surface area contributed by atoms with E-state index in [0.29, 0.717) is 0 Å². The van der Waals surface area contributed by atoms with Crippen molar-refractivity contribution in [2.75, 3.05) is 6.61 Å². The van der Waals surface area contributed by atoms with Gasteiger partial charge in [0.2, 0.25) is 0 Å². The van der Waals surface area contributed by atoms with Crippen LogP contribution in [0.5, 0.6) is 5.75 Å². The summed E-state index contributed by atoms with van der Waals surface area (Å²) in [5, 5.41) is 11.3. The van der Waals surface area contributed by atoms with E-state index in [4.69, 9.17) is 9.47 Å². The summed E-state index contributed by atoms with van der Waals surface area (Å²) in [6, 6.07) is 10.6. The Hall–Kier alpha value is -2.82. The molecule has 5 heteroatoms. The molecular weight excluding hydrogens is 296 g/mol. The second-order valence-corrected chi connectivity index (χ2v) is 5.25. The van der Waals surface area contributed by atoms with Crippen LogP contribution in [0.1, 0.15) is 25.5 Å². The minimum atomic E-state index is -0.636. The van der Waals surface area contributed by atoms with Gasteiger partial charge in [0.1, 0.15) is 11.9 Å². The number of benzene rings is 2. The van der Waals surface area contributed by atoms with Crippen LogP contribution >= 0.6 is 0 Å². The first kappa shape index (κ1) is 16.5. The van der Waals surface area contributed by atoms with E-state index >= 15 is 0 Å². The zero-order chi connectivity index (χ0) is 17.0. The number of carbonyl (C=O) groups is 2. The van der Waals surface area contributed by atoms with Gasteiger partial charge < -0.3 is 14.6 Å². The van der Waals surface area contributed by atoms with Gasteiger partial charge in [-0.3, -0.25) is 0 Å². The molecule has 0 aliphatic rings. The van der Waals surface area contributed by atoms with Gasteiger partial charge in [0.05, 0.1) is 0 Å². The number of aromatic hydroxyl groups is 1. The topological polar surface area (TPSA) is 72.8 Å². The molecule has 0 aliphatic heterocycles. The van der Waals surface area contributed by atoms with Crippen molar-refractivity contribution in [3.63, 3.8) is 0 Å². The van der Waals surface area contributed by atoms with Gasteiger partial charge >= 0.3 is 11.9 Å². The molecule has 0 saturated carbocycles. The van der Waals surface area contributed by atoms with Crippen LogP contribution in [0.25, 0.3) is 10.8 Å². The SMILES string of the molecule is C=C(C)C(=O)OCC(=O)OC(C)c1ccc2c(O)cccc2c1. The third kappa shape index (κ3) is 4.10. The first-order chi connectivity index (χ1) is 10.9. The first-order valence-corrected chi connectivity index (χ1v) is 7.12. The Morgan fingerprint density at radius 2 is 2.00 bits per heavy atom. The highest BCUT2D eigenvalue weighted by atomic mass is 16.6. The minimum Gasteiger partial charge on any atom is -0.507 e. The summed E-state index contributed by atoms with van der Waals surface area (Å²) >= 11 is 0. The Labute approximate surface area is 134 Å². The molecule has 0 aliphatic carbocycles. The molecule has 1 N–H and O–H groups in total. The lowest BCUT2D eigenvalue weighted by atomic mass is 10.0. The number of ether oxygens (including phenoxy) is 2.